The number of ether oxygens (including phenoxy) is 2. The average Bonchev–Trinajstić information content (AvgIpc) is 2.60. The number of carbonyl (C=O) groups excluding carboxylic acids is 2. The molecule has 0 aromatic heterocycles. The van der Waals surface area contributed by atoms with E-state index in [1.54, 1.807) is 18.2 Å². The first kappa shape index (κ1) is 17.9. The number of methoxy groups -OCH3 is 2. The molecule has 0 saturated heterocycles. The lowest BCUT2D eigenvalue weighted by molar-refractivity contribution is 0.0846. The van der Waals surface area contributed by atoms with E-state index in [0.29, 0.717) is 11.5 Å². The summed E-state index contributed by atoms with van der Waals surface area (Å²) in [5.41, 5.74) is 5.01. The lowest BCUT2D eigenvalue weighted by atomic mass is 10.2. The molecule has 8 heteroatoms. The highest BCUT2D eigenvalue weighted by molar-refractivity contribution is 6.43. The quantitative estimate of drug-likeness (QED) is 0.813. The fourth-order valence-electron chi connectivity index (χ4n) is 1.91. The van der Waals surface area contributed by atoms with Gasteiger partial charge in [0.2, 0.25) is 0 Å². The molecule has 126 valence electrons. The molecule has 24 heavy (non-hydrogen) atoms. The van der Waals surface area contributed by atoms with E-state index < -0.39 is 11.8 Å². The van der Waals surface area contributed by atoms with Gasteiger partial charge in [0.1, 0.15) is 0 Å². The Labute approximate surface area is 148 Å². The second kappa shape index (κ2) is 7.90. The largest absolute Gasteiger partial charge is 0.493 e. The van der Waals surface area contributed by atoms with Crippen LogP contribution in [0, 0.1) is 0 Å². The van der Waals surface area contributed by atoms with Crippen molar-refractivity contribution in [1.82, 2.24) is 10.9 Å². The number of halogens is 2. The van der Waals surface area contributed by atoms with E-state index in [1.165, 1.54) is 32.4 Å². The summed E-state index contributed by atoms with van der Waals surface area (Å²) in [4.78, 5) is 24.2. The Morgan fingerprint density at radius 1 is 0.917 bits per heavy atom. The van der Waals surface area contributed by atoms with Gasteiger partial charge >= 0.3 is 0 Å². The van der Waals surface area contributed by atoms with Gasteiger partial charge in [0, 0.05) is 5.56 Å². The van der Waals surface area contributed by atoms with Crippen LogP contribution in [0.4, 0.5) is 0 Å². The number of hydrogen-bond acceptors (Lipinski definition) is 4. The molecule has 0 aliphatic rings. The SMILES string of the molecule is COc1ccc(C(=O)NNC(=O)c2cccc(Cl)c2Cl)cc1OC. The molecule has 0 aliphatic heterocycles. The number of hydrogen-bond donors (Lipinski definition) is 2. The Morgan fingerprint density at radius 3 is 2.25 bits per heavy atom. The Bertz CT molecular complexity index is 781. The third kappa shape index (κ3) is 3.90. The van der Waals surface area contributed by atoms with Crippen LogP contribution in [0.2, 0.25) is 10.0 Å². The van der Waals surface area contributed by atoms with Crippen molar-refractivity contribution in [1.29, 1.82) is 0 Å². The highest BCUT2D eigenvalue weighted by Crippen LogP contribution is 2.27. The molecular formula is C16H14Cl2N2O4. The van der Waals surface area contributed by atoms with Crippen LogP contribution in [-0.2, 0) is 0 Å². The van der Waals surface area contributed by atoms with Crippen LogP contribution in [0.1, 0.15) is 20.7 Å². The van der Waals surface area contributed by atoms with Crippen molar-refractivity contribution in [2.24, 2.45) is 0 Å². The first-order valence-corrected chi connectivity index (χ1v) is 7.50. The Morgan fingerprint density at radius 2 is 1.58 bits per heavy atom. The fourth-order valence-corrected chi connectivity index (χ4v) is 2.30. The molecule has 2 amide bonds. The van der Waals surface area contributed by atoms with Gasteiger partial charge in [-0.25, -0.2) is 0 Å². The molecule has 0 bridgehead atoms. The van der Waals surface area contributed by atoms with Crippen LogP contribution >= 0.6 is 23.2 Å². The van der Waals surface area contributed by atoms with E-state index in [1.807, 2.05) is 0 Å². The van der Waals surface area contributed by atoms with Crippen molar-refractivity contribution < 1.29 is 19.1 Å². The first-order valence-electron chi connectivity index (χ1n) is 6.74. The zero-order valence-electron chi connectivity index (χ0n) is 12.9. The van der Waals surface area contributed by atoms with Gasteiger partial charge < -0.3 is 9.47 Å². The number of hydrazine groups is 1. The highest BCUT2D eigenvalue weighted by Gasteiger charge is 2.15. The van der Waals surface area contributed by atoms with Crippen LogP contribution in [0.5, 0.6) is 11.5 Å². The Kier molecular flexibility index (Phi) is 5.89. The van der Waals surface area contributed by atoms with Gasteiger partial charge in [0.05, 0.1) is 29.8 Å². The predicted octanol–water partition coefficient (Wildman–Crippen LogP) is 3.09. The fraction of sp³-hybridized carbons (Fsp3) is 0.125. The maximum absolute atomic E-state index is 12.1. The van der Waals surface area contributed by atoms with Crippen molar-refractivity contribution in [2.45, 2.75) is 0 Å². The summed E-state index contributed by atoms with van der Waals surface area (Å²) in [6, 6.07) is 9.25. The van der Waals surface area contributed by atoms with Gasteiger partial charge in [-0.05, 0) is 30.3 Å². The molecule has 0 spiro atoms. The van der Waals surface area contributed by atoms with E-state index in [0.717, 1.165) is 0 Å². The summed E-state index contributed by atoms with van der Waals surface area (Å²) in [6.07, 6.45) is 0. The summed E-state index contributed by atoms with van der Waals surface area (Å²) >= 11 is 11.8. The van der Waals surface area contributed by atoms with Crippen LogP contribution < -0.4 is 20.3 Å². The van der Waals surface area contributed by atoms with Crippen LogP contribution in [0.25, 0.3) is 0 Å². The van der Waals surface area contributed by atoms with Crippen LogP contribution in [0.3, 0.4) is 0 Å². The number of amides is 2. The first-order chi connectivity index (χ1) is 11.5. The lowest BCUT2D eigenvalue weighted by Crippen LogP contribution is -2.41. The Hall–Kier alpha value is -2.44. The van der Waals surface area contributed by atoms with Gasteiger partial charge in [-0.15, -0.1) is 0 Å². The van der Waals surface area contributed by atoms with Gasteiger partial charge in [0.15, 0.2) is 11.5 Å². The molecule has 6 nitrogen and oxygen atoms in total. The number of benzene rings is 2. The second-order valence-corrected chi connectivity index (χ2v) is 5.36. The molecule has 0 aliphatic carbocycles. The molecule has 0 radical (unpaired) electrons. The van der Waals surface area contributed by atoms with Gasteiger partial charge in [-0.3, -0.25) is 20.4 Å². The molecule has 0 atom stereocenters. The molecule has 0 heterocycles. The summed E-state index contributed by atoms with van der Waals surface area (Å²) in [5.74, 6) is -0.225. The van der Waals surface area contributed by atoms with Gasteiger partial charge in [-0.2, -0.15) is 0 Å². The summed E-state index contributed by atoms with van der Waals surface area (Å²) in [5, 5.41) is 0.354. The molecule has 0 fully saturated rings. The van der Waals surface area contributed by atoms with E-state index in [2.05, 4.69) is 10.9 Å². The third-order valence-electron chi connectivity index (χ3n) is 3.13. The summed E-state index contributed by atoms with van der Waals surface area (Å²) in [7, 11) is 2.95. The van der Waals surface area contributed by atoms with E-state index in [4.69, 9.17) is 32.7 Å². The number of carbonyl (C=O) groups is 2. The minimum absolute atomic E-state index is 0.108. The number of nitrogens with one attached hydrogen (secondary N) is 2. The molecular weight excluding hydrogens is 355 g/mol. The molecule has 2 aromatic rings. The normalized spacial score (nSPS) is 10.0. The predicted molar refractivity (Wildman–Crippen MR) is 90.9 cm³/mol. The molecule has 2 rings (SSSR count). The van der Waals surface area contributed by atoms with Crippen LogP contribution in [-0.4, -0.2) is 26.0 Å². The van der Waals surface area contributed by atoms with E-state index in [-0.39, 0.29) is 21.2 Å². The zero-order chi connectivity index (χ0) is 17.7. The minimum atomic E-state index is -0.587. The average molecular weight is 369 g/mol. The third-order valence-corrected chi connectivity index (χ3v) is 3.95. The topological polar surface area (TPSA) is 76.7 Å². The van der Waals surface area contributed by atoms with Crippen LogP contribution in [0.15, 0.2) is 36.4 Å². The maximum atomic E-state index is 12.1. The van der Waals surface area contributed by atoms with Gasteiger partial charge in [-0.1, -0.05) is 29.3 Å². The summed E-state index contributed by atoms with van der Waals surface area (Å²) < 4.78 is 10.2. The monoisotopic (exact) mass is 368 g/mol. The lowest BCUT2D eigenvalue weighted by Gasteiger charge is -2.11. The minimum Gasteiger partial charge on any atom is -0.493 e. The smallest absolute Gasteiger partial charge is 0.271 e. The number of rotatable bonds is 4. The van der Waals surface area contributed by atoms with E-state index in [9.17, 15) is 9.59 Å². The standard InChI is InChI=1S/C16H14Cl2N2O4/c1-23-12-7-6-9(8-13(12)24-2)15(21)19-20-16(22)10-4-3-5-11(17)14(10)18/h3-8H,1-2H3,(H,19,21)(H,20,22). The highest BCUT2D eigenvalue weighted by atomic mass is 35.5. The zero-order valence-corrected chi connectivity index (χ0v) is 14.4. The second-order valence-electron chi connectivity index (χ2n) is 4.58. The molecule has 2 aromatic carbocycles. The maximum Gasteiger partial charge on any atom is 0.271 e. The molecule has 0 saturated carbocycles. The molecule has 2 N–H and O–H groups in total. The summed E-state index contributed by atoms with van der Waals surface area (Å²) in [6.45, 7) is 0. The van der Waals surface area contributed by atoms with Crippen molar-refractivity contribution >= 4 is 35.0 Å². The van der Waals surface area contributed by atoms with E-state index >= 15 is 0 Å². The van der Waals surface area contributed by atoms with Crippen molar-refractivity contribution in [2.75, 3.05) is 14.2 Å². The van der Waals surface area contributed by atoms with Crippen molar-refractivity contribution in [3.63, 3.8) is 0 Å². The van der Waals surface area contributed by atoms with Crippen molar-refractivity contribution in [3.8, 4) is 11.5 Å². The van der Waals surface area contributed by atoms with Crippen molar-refractivity contribution in [3.05, 3.63) is 57.6 Å². The van der Waals surface area contributed by atoms with Gasteiger partial charge in [0.25, 0.3) is 11.8 Å². The Balaban J connectivity index is 2.08. The molecule has 0 unspecified atom stereocenters.